The van der Waals surface area contributed by atoms with Crippen LogP contribution in [0.25, 0.3) is 10.6 Å². The van der Waals surface area contributed by atoms with Gasteiger partial charge in [-0.25, -0.2) is 8.42 Å². The highest BCUT2D eigenvalue weighted by Crippen LogP contribution is 2.31. The van der Waals surface area contributed by atoms with Crippen LogP contribution in [0.15, 0.2) is 38.3 Å². The Hall–Kier alpha value is -1.29. The van der Waals surface area contributed by atoms with Crippen molar-refractivity contribution in [1.82, 2.24) is 10.2 Å². The number of halogens is 1. The van der Waals surface area contributed by atoms with E-state index in [4.69, 9.17) is 0 Å². The van der Waals surface area contributed by atoms with Gasteiger partial charge in [-0.15, -0.1) is 10.2 Å². The molecular formula is C14H12BrN3O2S3. The molecule has 3 aromatic rings. The van der Waals surface area contributed by atoms with Crippen molar-refractivity contribution in [1.29, 1.82) is 0 Å². The van der Waals surface area contributed by atoms with E-state index in [0.717, 1.165) is 10.0 Å². The normalized spacial score (nSPS) is 11.6. The second kappa shape index (κ2) is 6.31. The fraction of sp³-hybridized carbons (Fsp3) is 0.143. The second-order valence-electron chi connectivity index (χ2n) is 4.90. The summed E-state index contributed by atoms with van der Waals surface area (Å²) in [5.41, 5.74) is 2.29. The zero-order valence-corrected chi connectivity index (χ0v) is 16.2. The summed E-state index contributed by atoms with van der Waals surface area (Å²) in [6, 6.07) is 5.48. The van der Waals surface area contributed by atoms with Gasteiger partial charge in [-0.2, -0.15) is 11.3 Å². The largest absolute Gasteiger partial charge is 0.264 e. The van der Waals surface area contributed by atoms with Gasteiger partial charge in [-0.05, 0) is 48.6 Å². The van der Waals surface area contributed by atoms with Crippen LogP contribution in [-0.4, -0.2) is 18.6 Å². The molecule has 5 nitrogen and oxygen atoms in total. The van der Waals surface area contributed by atoms with E-state index in [2.05, 4.69) is 30.8 Å². The lowest BCUT2D eigenvalue weighted by Crippen LogP contribution is -2.15. The maximum Gasteiger partial charge on any atom is 0.264 e. The lowest BCUT2D eigenvalue weighted by atomic mass is 10.2. The first-order valence-electron chi connectivity index (χ1n) is 6.52. The smallest absolute Gasteiger partial charge is 0.253 e. The van der Waals surface area contributed by atoms with Crippen molar-refractivity contribution < 1.29 is 8.42 Å². The van der Waals surface area contributed by atoms with Crippen LogP contribution in [0.5, 0.6) is 0 Å². The molecule has 3 rings (SSSR count). The molecular weight excluding hydrogens is 418 g/mol. The van der Waals surface area contributed by atoms with Crippen LogP contribution >= 0.6 is 38.6 Å². The third-order valence-electron chi connectivity index (χ3n) is 3.11. The topological polar surface area (TPSA) is 72.0 Å². The average Bonchev–Trinajstić information content (AvgIpc) is 3.06. The summed E-state index contributed by atoms with van der Waals surface area (Å²) in [6.45, 7) is 3.53. The number of hydrogen-bond acceptors (Lipinski definition) is 6. The van der Waals surface area contributed by atoms with Gasteiger partial charge in [0.2, 0.25) is 5.13 Å². The van der Waals surface area contributed by atoms with E-state index in [9.17, 15) is 8.42 Å². The average molecular weight is 430 g/mol. The Balaban J connectivity index is 1.93. The van der Waals surface area contributed by atoms with E-state index in [0.29, 0.717) is 16.1 Å². The van der Waals surface area contributed by atoms with Gasteiger partial charge in [0.1, 0.15) is 5.01 Å². The molecule has 0 spiro atoms. The van der Waals surface area contributed by atoms with Crippen molar-refractivity contribution in [2.75, 3.05) is 4.72 Å². The number of nitrogens with one attached hydrogen (secondary N) is 1. The highest BCUT2D eigenvalue weighted by Gasteiger charge is 2.22. The number of aromatic nitrogens is 2. The first-order valence-corrected chi connectivity index (χ1v) is 10.6. The molecule has 1 N–H and O–H groups in total. The van der Waals surface area contributed by atoms with Crippen molar-refractivity contribution >= 4 is 53.8 Å². The van der Waals surface area contributed by atoms with Crippen molar-refractivity contribution in [3.8, 4) is 10.6 Å². The van der Waals surface area contributed by atoms with Gasteiger partial charge in [0, 0.05) is 15.4 Å². The van der Waals surface area contributed by atoms with E-state index < -0.39 is 10.0 Å². The summed E-state index contributed by atoms with van der Waals surface area (Å²) < 4.78 is 28.7. The van der Waals surface area contributed by atoms with Crippen LogP contribution in [-0.2, 0) is 10.0 Å². The molecule has 0 saturated carbocycles. The molecule has 0 bridgehead atoms. The summed E-state index contributed by atoms with van der Waals surface area (Å²) in [6.07, 6.45) is 0. The van der Waals surface area contributed by atoms with Crippen molar-refractivity contribution in [3.05, 3.63) is 44.6 Å². The van der Waals surface area contributed by atoms with Crippen molar-refractivity contribution in [2.45, 2.75) is 18.7 Å². The molecule has 0 fully saturated rings. The minimum absolute atomic E-state index is 0.257. The van der Waals surface area contributed by atoms with Crippen LogP contribution in [0.2, 0.25) is 0 Å². The van der Waals surface area contributed by atoms with E-state index in [1.165, 1.54) is 11.3 Å². The molecule has 2 heterocycles. The Labute approximate surface area is 150 Å². The minimum atomic E-state index is -3.71. The molecule has 0 atom stereocenters. The van der Waals surface area contributed by atoms with Crippen LogP contribution < -0.4 is 4.72 Å². The van der Waals surface area contributed by atoms with E-state index in [-0.39, 0.29) is 10.0 Å². The van der Waals surface area contributed by atoms with Gasteiger partial charge in [0.25, 0.3) is 10.0 Å². The Morgan fingerprint density at radius 3 is 2.48 bits per heavy atom. The predicted molar refractivity (Wildman–Crippen MR) is 97.6 cm³/mol. The first kappa shape index (κ1) is 16.6. The monoisotopic (exact) mass is 429 g/mol. The van der Waals surface area contributed by atoms with Crippen LogP contribution in [0.4, 0.5) is 5.13 Å². The summed E-state index contributed by atoms with van der Waals surface area (Å²) in [5.74, 6) is 0. The highest BCUT2D eigenvalue weighted by atomic mass is 79.9. The molecule has 0 aliphatic carbocycles. The minimum Gasteiger partial charge on any atom is -0.253 e. The van der Waals surface area contributed by atoms with Crippen LogP contribution in [0, 0.1) is 13.8 Å². The van der Waals surface area contributed by atoms with E-state index in [1.807, 2.05) is 16.8 Å². The van der Waals surface area contributed by atoms with Crippen molar-refractivity contribution in [3.63, 3.8) is 0 Å². The third kappa shape index (κ3) is 3.47. The summed E-state index contributed by atoms with van der Waals surface area (Å²) in [4.78, 5) is 0.271. The van der Waals surface area contributed by atoms with Gasteiger partial charge in [-0.1, -0.05) is 27.3 Å². The van der Waals surface area contributed by atoms with Gasteiger partial charge in [-0.3, -0.25) is 4.72 Å². The molecule has 0 aliphatic rings. The first-order chi connectivity index (χ1) is 10.9. The number of thiophene rings is 1. The predicted octanol–water partition coefficient (Wildman–Crippen LogP) is 4.45. The van der Waals surface area contributed by atoms with Gasteiger partial charge in [0.05, 0.1) is 4.90 Å². The molecule has 0 aliphatic heterocycles. The number of sulfonamides is 1. The van der Waals surface area contributed by atoms with E-state index in [1.54, 1.807) is 37.3 Å². The Morgan fingerprint density at radius 1 is 1.17 bits per heavy atom. The molecule has 23 heavy (non-hydrogen) atoms. The maximum absolute atomic E-state index is 12.7. The molecule has 0 unspecified atom stereocenters. The molecule has 2 aromatic heterocycles. The Bertz CT molecular complexity index is 927. The summed E-state index contributed by atoms with van der Waals surface area (Å²) in [5, 5.41) is 12.8. The molecule has 1 aromatic carbocycles. The van der Waals surface area contributed by atoms with Crippen LogP contribution in [0.1, 0.15) is 11.1 Å². The fourth-order valence-electron chi connectivity index (χ4n) is 2.25. The highest BCUT2D eigenvalue weighted by molar-refractivity contribution is 9.10. The number of aryl methyl sites for hydroxylation is 2. The zero-order valence-electron chi connectivity index (χ0n) is 12.2. The molecule has 0 saturated heterocycles. The lowest BCUT2D eigenvalue weighted by Gasteiger charge is -2.11. The summed E-state index contributed by atoms with van der Waals surface area (Å²) in [7, 11) is -3.71. The molecule has 120 valence electrons. The SMILES string of the molecule is Cc1cc(Br)cc(C)c1S(=O)(=O)Nc1nnc(-c2ccsc2)s1. The molecule has 0 radical (unpaired) electrons. The number of benzene rings is 1. The standard InChI is InChI=1S/C14H12BrN3O2S3/c1-8-5-11(15)6-9(2)12(8)23(19,20)18-14-17-16-13(22-14)10-3-4-21-7-10/h3-7H,1-2H3,(H,17,18). The van der Waals surface area contributed by atoms with E-state index >= 15 is 0 Å². The zero-order chi connectivity index (χ0) is 16.6. The molecule has 0 amide bonds. The Morgan fingerprint density at radius 2 is 1.87 bits per heavy atom. The van der Waals surface area contributed by atoms with Gasteiger partial charge in [0.15, 0.2) is 0 Å². The Kier molecular flexibility index (Phi) is 4.54. The maximum atomic E-state index is 12.7. The summed E-state index contributed by atoms with van der Waals surface area (Å²) >= 11 is 6.14. The number of nitrogens with zero attached hydrogens (tertiary/aromatic N) is 2. The third-order valence-corrected chi connectivity index (χ3v) is 6.91. The van der Waals surface area contributed by atoms with Gasteiger partial charge >= 0.3 is 0 Å². The van der Waals surface area contributed by atoms with Crippen molar-refractivity contribution in [2.24, 2.45) is 0 Å². The number of anilines is 1. The van der Waals surface area contributed by atoms with Crippen LogP contribution in [0.3, 0.4) is 0 Å². The number of rotatable bonds is 4. The fourth-order valence-corrected chi connectivity index (χ4v) is 6.08. The lowest BCUT2D eigenvalue weighted by molar-refractivity contribution is 0.600. The molecule has 9 heteroatoms. The second-order valence-corrected chi connectivity index (χ2v) is 9.19. The van der Waals surface area contributed by atoms with Gasteiger partial charge < -0.3 is 0 Å². The number of hydrogen-bond donors (Lipinski definition) is 1. The quantitative estimate of drug-likeness (QED) is 0.664.